The molecule has 1 saturated heterocycles. The van der Waals surface area contributed by atoms with Crippen LogP contribution in [0.4, 0.5) is 0 Å². The van der Waals surface area contributed by atoms with Gasteiger partial charge in [-0.15, -0.1) is 0 Å². The number of nitrogens with zero attached hydrogens (tertiary/aromatic N) is 1. The number of methoxy groups -OCH3 is 2. The number of rotatable bonds is 8. The van der Waals surface area contributed by atoms with E-state index in [-0.39, 0.29) is 11.8 Å². The fourth-order valence-electron chi connectivity index (χ4n) is 3.77. The van der Waals surface area contributed by atoms with Gasteiger partial charge in [0.2, 0.25) is 5.91 Å². The Labute approximate surface area is 167 Å². The summed E-state index contributed by atoms with van der Waals surface area (Å²) in [6.07, 6.45) is 2.81. The van der Waals surface area contributed by atoms with E-state index < -0.39 is 0 Å². The zero-order valence-electron chi connectivity index (χ0n) is 16.8. The number of benzene rings is 2. The highest BCUT2D eigenvalue weighted by molar-refractivity contribution is 5.79. The van der Waals surface area contributed by atoms with Crippen molar-refractivity contribution < 1.29 is 14.3 Å². The third-order valence-electron chi connectivity index (χ3n) is 5.29. The highest BCUT2D eigenvalue weighted by atomic mass is 16.5. The molecule has 3 rings (SSSR count). The third-order valence-corrected chi connectivity index (χ3v) is 5.29. The molecule has 2 aromatic carbocycles. The summed E-state index contributed by atoms with van der Waals surface area (Å²) in [5, 5.41) is 3.11. The van der Waals surface area contributed by atoms with Crippen molar-refractivity contribution in [1.29, 1.82) is 0 Å². The van der Waals surface area contributed by atoms with Gasteiger partial charge in [0.15, 0.2) is 11.5 Å². The lowest BCUT2D eigenvalue weighted by atomic mass is 9.96. The first kappa shape index (κ1) is 20.2. The van der Waals surface area contributed by atoms with Gasteiger partial charge < -0.3 is 14.8 Å². The summed E-state index contributed by atoms with van der Waals surface area (Å²) >= 11 is 0. The Balaban J connectivity index is 1.46. The first-order valence-corrected chi connectivity index (χ1v) is 9.94. The highest BCUT2D eigenvalue weighted by Crippen LogP contribution is 2.27. The Morgan fingerprint density at radius 2 is 1.86 bits per heavy atom. The van der Waals surface area contributed by atoms with E-state index in [1.165, 1.54) is 5.56 Å². The van der Waals surface area contributed by atoms with Crippen LogP contribution in [0.5, 0.6) is 11.5 Å². The van der Waals surface area contributed by atoms with Crippen LogP contribution < -0.4 is 14.8 Å². The lowest BCUT2D eigenvalue weighted by Gasteiger charge is -2.32. The first-order valence-electron chi connectivity index (χ1n) is 9.94. The van der Waals surface area contributed by atoms with Gasteiger partial charge in [0, 0.05) is 19.6 Å². The van der Waals surface area contributed by atoms with Crippen molar-refractivity contribution >= 4 is 5.91 Å². The molecule has 5 heteroatoms. The maximum Gasteiger partial charge on any atom is 0.224 e. The van der Waals surface area contributed by atoms with Gasteiger partial charge in [-0.05, 0) is 49.1 Å². The second-order valence-electron chi connectivity index (χ2n) is 7.29. The number of piperidine rings is 1. The van der Waals surface area contributed by atoms with Crippen molar-refractivity contribution in [1.82, 2.24) is 10.2 Å². The van der Waals surface area contributed by atoms with Gasteiger partial charge in [-0.3, -0.25) is 9.69 Å². The van der Waals surface area contributed by atoms with Gasteiger partial charge in [0.1, 0.15) is 0 Å². The minimum Gasteiger partial charge on any atom is -0.493 e. The molecule has 5 nitrogen and oxygen atoms in total. The van der Waals surface area contributed by atoms with E-state index >= 15 is 0 Å². The van der Waals surface area contributed by atoms with Crippen LogP contribution in [0.15, 0.2) is 48.5 Å². The van der Waals surface area contributed by atoms with Crippen LogP contribution in [-0.4, -0.2) is 44.7 Å². The lowest BCUT2D eigenvalue weighted by Crippen LogP contribution is -2.43. The Bertz CT molecular complexity index is 764. The van der Waals surface area contributed by atoms with Crippen LogP contribution in [0.3, 0.4) is 0 Å². The maximum absolute atomic E-state index is 12.6. The van der Waals surface area contributed by atoms with Crippen LogP contribution in [-0.2, 0) is 17.8 Å². The fraction of sp³-hybridized carbons (Fsp3) is 0.435. The summed E-state index contributed by atoms with van der Waals surface area (Å²) in [5.74, 6) is 1.67. The molecule has 1 aliphatic heterocycles. The van der Waals surface area contributed by atoms with Gasteiger partial charge in [-0.1, -0.05) is 36.4 Å². The SMILES string of the molecule is COc1ccc(CCNC(=O)[C@H]2CCCN(Cc3ccccc3)C2)cc1OC. The Morgan fingerprint density at radius 3 is 2.61 bits per heavy atom. The van der Waals surface area contributed by atoms with Crippen LogP contribution >= 0.6 is 0 Å². The lowest BCUT2D eigenvalue weighted by molar-refractivity contribution is -0.126. The molecular weight excluding hydrogens is 352 g/mol. The average molecular weight is 383 g/mol. The van der Waals surface area contributed by atoms with Crippen molar-refractivity contribution in [3.8, 4) is 11.5 Å². The summed E-state index contributed by atoms with van der Waals surface area (Å²) in [5.41, 5.74) is 2.42. The quantitative estimate of drug-likeness (QED) is 0.761. The molecule has 0 spiro atoms. The first-order chi connectivity index (χ1) is 13.7. The molecule has 0 aliphatic carbocycles. The predicted molar refractivity (Wildman–Crippen MR) is 111 cm³/mol. The molecule has 1 aliphatic rings. The molecule has 150 valence electrons. The van der Waals surface area contributed by atoms with Gasteiger partial charge in [-0.25, -0.2) is 0 Å². The van der Waals surface area contributed by atoms with E-state index in [9.17, 15) is 4.79 Å². The molecule has 28 heavy (non-hydrogen) atoms. The summed E-state index contributed by atoms with van der Waals surface area (Å²) in [6, 6.07) is 16.3. The van der Waals surface area contributed by atoms with Crippen molar-refractivity contribution in [2.75, 3.05) is 33.9 Å². The summed E-state index contributed by atoms with van der Waals surface area (Å²) < 4.78 is 10.6. The Kier molecular flexibility index (Phi) is 7.31. The molecule has 1 N–H and O–H groups in total. The topological polar surface area (TPSA) is 50.8 Å². The van der Waals surface area contributed by atoms with E-state index in [0.717, 1.165) is 56.0 Å². The van der Waals surface area contributed by atoms with Crippen molar-refractivity contribution in [2.45, 2.75) is 25.8 Å². The van der Waals surface area contributed by atoms with E-state index in [2.05, 4.69) is 34.5 Å². The smallest absolute Gasteiger partial charge is 0.224 e. The normalized spacial score (nSPS) is 17.1. The van der Waals surface area contributed by atoms with Crippen molar-refractivity contribution in [3.05, 3.63) is 59.7 Å². The van der Waals surface area contributed by atoms with E-state index in [1.807, 2.05) is 24.3 Å². The molecule has 2 aromatic rings. The molecular formula is C23H30N2O3. The third kappa shape index (κ3) is 5.49. The average Bonchev–Trinajstić information content (AvgIpc) is 2.74. The fourth-order valence-corrected chi connectivity index (χ4v) is 3.77. The Morgan fingerprint density at radius 1 is 1.07 bits per heavy atom. The summed E-state index contributed by atoms with van der Waals surface area (Å²) in [4.78, 5) is 15.0. The standard InChI is InChI=1S/C23H30N2O3/c1-27-21-11-10-18(15-22(21)28-2)12-13-24-23(26)20-9-6-14-25(17-20)16-19-7-4-3-5-8-19/h3-5,7-8,10-11,15,20H,6,9,12-14,16-17H2,1-2H3,(H,24,26)/t20-/m0/s1. The van der Waals surface area contributed by atoms with Gasteiger partial charge in [-0.2, -0.15) is 0 Å². The van der Waals surface area contributed by atoms with Gasteiger partial charge in [0.05, 0.1) is 20.1 Å². The number of likely N-dealkylation sites (tertiary alicyclic amines) is 1. The largest absolute Gasteiger partial charge is 0.493 e. The van der Waals surface area contributed by atoms with Crippen molar-refractivity contribution in [2.24, 2.45) is 5.92 Å². The predicted octanol–water partition coefficient (Wildman–Crippen LogP) is 3.27. The number of amides is 1. The monoisotopic (exact) mass is 382 g/mol. The van der Waals surface area contributed by atoms with Crippen LogP contribution in [0.25, 0.3) is 0 Å². The highest BCUT2D eigenvalue weighted by Gasteiger charge is 2.25. The van der Waals surface area contributed by atoms with Gasteiger partial charge >= 0.3 is 0 Å². The molecule has 1 fully saturated rings. The number of hydrogen-bond donors (Lipinski definition) is 1. The number of carbonyl (C=O) groups is 1. The molecule has 0 bridgehead atoms. The second-order valence-corrected chi connectivity index (χ2v) is 7.29. The molecule has 1 atom stereocenters. The zero-order valence-corrected chi connectivity index (χ0v) is 16.8. The molecule has 1 heterocycles. The number of ether oxygens (including phenoxy) is 2. The van der Waals surface area contributed by atoms with Gasteiger partial charge in [0.25, 0.3) is 0 Å². The molecule has 1 amide bonds. The minimum absolute atomic E-state index is 0.0721. The van der Waals surface area contributed by atoms with Crippen molar-refractivity contribution in [3.63, 3.8) is 0 Å². The van der Waals surface area contributed by atoms with E-state index in [0.29, 0.717) is 6.54 Å². The van der Waals surface area contributed by atoms with Crippen LogP contribution in [0, 0.1) is 5.92 Å². The molecule has 0 radical (unpaired) electrons. The molecule has 0 saturated carbocycles. The summed E-state index contributed by atoms with van der Waals surface area (Å²) in [7, 11) is 3.26. The summed E-state index contributed by atoms with van der Waals surface area (Å²) in [6.45, 7) is 3.43. The Hall–Kier alpha value is -2.53. The van der Waals surface area contributed by atoms with Crippen LogP contribution in [0.1, 0.15) is 24.0 Å². The van der Waals surface area contributed by atoms with E-state index in [1.54, 1.807) is 14.2 Å². The second kappa shape index (κ2) is 10.1. The molecule has 0 unspecified atom stereocenters. The minimum atomic E-state index is 0.0721. The zero-order chi connectivity index (χ0) is 19.8. The maximum atomic E-state index is 12.6. The number of nitrogens with one attached hydrogen (secondary N) is 1. The van der Waals surface area contributed by atoms with E-state index in [4.69, 9.17) is 9.47 Å². The number of hydrogen-bond acceptors (Lipinski definition) is 4. The number of carbonyl (C=O) groups excluding carboxylic acids is 1. The van der Waals surface area contributed by atoms with Crippen LogP contribution in [0.2, 0.25) is 0 Å². The molecule has 0 aromatic heterocycles.